The standard InChI is InChI=1S/C16H31N7/c1-22(2)11-8-12-23(3)16-20-14(17)19-15(21-16)18-13-9-6-4-5-7-10-13/h13H,4-12H2,1-3H3,(H3,17,18,19,20,21). The van der Waals surface area contributed by atoms with Crippen LogP contribution in [0.2, 0.25) is 0 Å². The van der Waals surface area contributed by atoms with E-state index in [9.17, 15) is 0 Å². The number of hydrogen-bond acceptors (Lipinski definition) is 7. The zero-order valence-electron chi connectivity index (χ0n) is 14.8. The van der Waals surface area contributed by atoms with Gasteiger partial charge in [-0.25, -0.2) is 0 Å². The van der Waals surface area contributed by atoms with E-state index in [0.717, 1.165) is 19.5 Å². The number of hydrogen-bond donors (Lipinski definition) is 2. The molecule has 2 rings (SSSR count). The van der Waals surface area contributed by atoms with Crippen molar-refractivity contribution in [3.05, 3.63) is 0 Å². The van der Waals surface area contributed by atoms with E-state index in [2.05, 4.69) is 39.3 Å². The van der Waals surface area contributed by atoms with Crippen LogP contribution < -0.4 is 16.0 Å². The summed E-state index contributed by atoms with van der Waals surface area (Å²) in [6.07, 6.45) is 8.62. The minimum Gasteiger partial charge on any atom is -0.368 e. The Bertz CT molecular complexity index is 469. The van der Waals surface area contributed by atoms with Crippen molar-refractivity contribution in [2.45, 2.75) is 51.0 Å². The molecule has 1 saturated carbocycles. The molecule has 1 aromatic rings. The minimum atomic E-state index is 0.283. The molecule has 0 saturated heterocycles. The predicted octanol–water partition coefficient (Wildman–Crippen LogP) is 1.98. The van der Waals surface area contributed by atoms with E-state index in [1.165, 1.54) is 38.5 Å². The number of rotatable bonds is 7. The maximum Gasteiger partial charge on any atom is 0.231 e. The highest BCUT2D eigenvalue weighted by Gasteiger charge is 2.15. The van der Waals surface area contributed by atoms with Gasteiger partial charge in [0.2, 0.25) is 17.8 Å². The first-order valence-electron chi connectivity index (χ1n) is 8.68. The lowest BCUT2D eigenvalue weighted by Gasteiger charge is -2.20. The van der Waals surface area contributed by atoms with E-state index in [1.54, 1.807) is 0 Å². The van der Waals surface area contributed by atoms with Crippen LogP contribution in [-0.2, 0) is 0 Å². The average molecular weight is 321 g/mol. The highest BCUT2D eigenvalue weighted by atomic mass is 15.3. The molecular formula is C16H31N7. The Balaban J connectivity index is 1.96. The summed E-state index contributed by atoms with van der Waals surface area (Å²) in [4.78, 5) is 17.3. The fraction of sp³-hybridized carbons (Fsp3) is 0.812. The third-order valence-electron chi connectivity index (χ3n) is 4.27. The quantitative estimate of drug-likeness (QED) is 0.743. The molecule has 0 aliphatic heterocycles. The zero-order valence-corrected chi connectivity index (χ0v) is 14.8. The third-order valence-corrected chi connectivity index (χ3v) is 4.27. The largest absolute Gasteiger partial charge is 0.368 e. The third kappa shape index (κ3) is 6.17. The van der Waals surface area contributed by atoms with Gasteiger partial charge in [0.1, 0.15) is 0 Å². The average Bonchev–Trinajstić information content (AvgIpc) is 2.74. The van der Waals surface area contributed by atoms with Crippen LogP contribution in [0.15, 0.2) is 0 Å². The summed E-state index contributed by atoms with van der Waals surface area (Å²) in [5.74, 6) is 1.54. The summed E-state index contributed by atoms with van der Waals surface area (Å²) in [6, 6.07) is 0.450. The van der Waals surface area contributed by atoms with E-state index in [4.69, 9.17) is 5.73 Å². The smallest absolute Gasteiger partial charge is 0.231 e. The molecule has 0 spiro atoms. The fourth-order valence-electron chi connectivity index (χ4n) is 2.95. The van der Waals surface area contributed by atoms with E-state index in [0.29, 0.717) is 17.9 Å². The molecule has 0 radical (unpaired) electrons. The van der Waals surface area contributed by atoms with E-state index in [-0.39, 0.29) is 5.95 Å². The van der Waals surface area contributed by atoms with Crippen LogP contribution in [-0.4, -0.2) is 60.1 Å². The topological polar surface area (TPSA) is 83.2 Å². The second-order valence-electron chi connectivity index (χ2n) is 6.73. The van der Waals surface area contributed by atoms with Gasteiger partial charge in [0.05, 0.1) is 0 Å². The van der Waals surface area contributed by atoms with Gasteiger partial charge in [0.25, 0.3) is 0 Å². The maximum absolute atomic E-state index is 5.87. The number of nitrogens with zero attached hydrogens (tertiary/aromatic N) is 5. The Hall–Kier alpha value is -1.63. The van der Waals surface area contributed by atoms with Crippen molar-refractivity contribution in [2.75, 3.05) is 50.2 Å². The highest BCUT2D eigenvalue weighted by Crippen LogP contribution is 2.20. The molecule has 7 nitrogen and oxygen atoms in total. The molecule has 1 aromatic heterocycles. The summed E-state index contributed by atoms with van der Waals surface area (Å²) in [7, 11) is 6.16. The van der Waals surface area contributed by atoms with Gasteiger partial charge in [-0.2, -0.15) is 15.0 Å². The Kier molecular flexibility index (Phi) is 6.83. The van der Waals surface area contributed by atoms with Crippen LogP contribution >= 0.6 is 0 Å². The van der Waals surface area contributed by atoms with Gasteiger partial charge in [-0.05, 0) is 39.9 Å². The summed E-state index contributed by atoms with van der Waals surface area (Å²) >= 11 is 0. The van der Waals surface area contributed by atoms with Crippen LogP contribution in [0, 0.1) is 0 Å². The Morgan fingerprint density at radius 1 is 1.00 bits per heavy atom. The number of nitrogens with two attached hydrogens (primary N) is 1. The molecule has 3 N–H and O–H groups in total. The van der Waals surface area contributed by atoms with Crippen LogP contribution in [0.1, 0.15) is 44.9 Å². The molecule has 0 unspecified atom stereocenters. The van der Waals surface area contributed by atoms with Gasteiger partial charge in [-0.15, -0.1) is 0 Å². The van der Waals surface area contributed by atoms with Crippen molar-refractivity contribution in [2.24, 2.45) is 0 Å². The van der Waals surface area contributed by atoms with Gasteiger partial charge >= 0.3 is 0 Å². The lowest BCUT2D eigenvalue weighted by molar-refractivity contribution is 0.401. The Labute approximate surface area is 139 Å². The Morgan fingerprint density at radius 3 is 2.35 bits per heavy atom. The van der Waals surface area contributed by atoms with Crippen LogP contribution in [0.25, 0.3) is 0 Å². The molecule has 1 aliphatic rings. The lowest BCUT2D eigenvalue weighted by atomic mass is 10.1. The highest BCUT2D eigenvalue weighted by molar-refractivity contribution is 5.41. The lowest BCUT2D eigenvalue weighted by Crippen LogP contribution is -2.26. The minimum absolute atomic E-state index is 0.283. The second kappa shape index (κ2) is 8.86. The van der Waals surface area contributed by atoms with Gasteiger partial charge in [0.15, 0.2) is 0 Å². The normalized spacial score (nSPS) is 16.3. The SMILES string of the molecule is CN(C)CCCN(C)c1nc(N)nc(NC2CCCCCC2)n1. The molecule has 23 heavy (non-hydrogen) atoms. The van der Waals surface area contributed by atoms with Crippen molar-refractivity contribution in [1.29, 1.82) is 0 Å². The van der Waals surface area contributed by atoms with Crippen molar-refractivity contribution < 1.29 is 0 Å². The van der Waals surface area contributed by atoms with Crippen molar-refractivity contribution >= 4 is 17.8 Å². The number of aromatic nitrogens is 3. The van der Waals surface area contributed by atoms with E-state index >= 15 is 0 Å². The summed E-state index contributed by atoms with van der Waals surface area (Å²) in [5, 5.41) is 3.45. The Morgan fingerprint density at radius 2 is 1.70 bits per heavy atom. The molecule has 0 atom stereocenters. The van der Waals surface area contributed by atoms with Crippen molar-refractivity contribution in [3.63, 3.8) is 0 Å². The number of nitrogen functional groups attached to an aromatic ring is 1. The molecule has 7 heteroatoms. The number of nitrogens with one attached hydrogen (secondary N) is 1. The first-order chi connectivity index (χ1) is 11.0. The predicted molar refractivity (Wildman–Crippen MR) is 95.8 cm³/mol. The molecule has 0 amide bonds. The molecule has 1 fully saturated rings. The van der Waals surface area contributed by atoms with Gasteiger partial charge < -0.3 is 20.9 Å². The fourth-order valence-corrected chi connectivity index (χ4v) is 2.95. The monoisotopic (exact) mass is 321 g/mol. The molecular weight excluding hydrogens is 290 g/mol. The first-order valence-corrected chi connectivity index (χ1v) is 8.68. The van der Waals surface area contributed by atoms with Gasteiger partial charge in [0, 0.05) is 19.6 Å². The summed E-state index contributed by atoms with van der Waals surface area (Å²) in [5.41, 5.74) is 5.87. The first kappa shape index (κ1) is 17.7. The van der Waals surface area contributed by atoms with E-state index < -0.39 is 0 Å². The van der Waals surface area contributed by atoms with Gasteiger partial charge in [-0.1, -0.05) is 25.7 Å². The summed E-state index contributed by atoms with van der Waals surface area (Å²) in [6.45, 7) is 1.93. The molecule has 0 aromatic carbocycles. The number of anilines is 3. The molecule has 1 heterocycles. The maximum atomic E-state index is 5.87. The molecule has 0 bridgehead atoms. The van der Waals surface area contributed by atoms with Crippen LogP contribution in [0.5, 0.6) is 0 Å². The summed E-state index contributed by atoms with van der Waals surface area (Å²) < 4.78 is 0. The molecule has 1 aliphatic carbocycles. The second-order valence-corrected chi connectivity index (χ2v) is 6.73. The molecule has 130 valence electrons. The zero-order chi connectivity index (χ0) is 16.7. The van der Waals surface area contributed by atoms with Crippen molar-refractivity contribution in [1.82, 2.24) is 19.9 Å². The van der Waals surface area contributed by atoms with Crippen LogP contribution in [0.3, 0.4) is 0 Å². The van der Waals surface area contributed by atoms with Gasteiger partial charge in [-0.3, -0.25) is 0 Å². The van der Waals surface area contributed by atoms with Crippen molar-refractivity contribution in [3.8, 4) is 0 Å². The van der Waals surface area contributed by atoms with Crippen LogP contribution in [0.4, 0.5) is 17.8 Å². The van der Waals surface area contributed by atoms with E-state index in [1.807, 2.05) is 11.9 Å².